The van der Waals surface area contributed by atoms with Crippen molar-refractivity contribution in [3.05, 3.63) is 167 Å². The van der Waals surface area contributed by atoms with Crippen molar-refractivity contribution in [3.8, 4) is 0 Å². The van der Waals surface area contributed by atoms with E-state index in [1.165, 1.54) is 84.9 Å². The molecular weight excluding hydrogens is 1260 g/mol. The lowest BCUT2D eigenvalue weighted by Gasteiger charge is -2.16. The molecular formula is C51H40N6O23S6. The maximum atomic E-state index is 13.6. The predicted octanol–water partition coefficient (Wildman–Crippen LogP) is 6.74. The van der Waals surface area contributed by atoms with E-state index in [1.807, 2.05) is 0 Å². The average Bonchev–Trinajstić information content (AvgIpc) is 0.835. The van der Waals surface area contributed by atoms with Gasteiger partial charge in [0.2, 0.25) is 0 Å². The fourth-order valence-electron chi connectivity index (χ4n) is 8.43. The van der Waals surface area contributed by atoms with E-state index in [2.05, 4.69) is 31.9 Å². The van der Waals surface area contributed by atoms with E-state index in [1.54, 1.807) is 13.8 Å². The SMILES string of the molecule is Cc1ccc(C(=O)Nc2ccc(S(=O)(=O)O)c3cc(S(=O)(=O)O)cc(S(=O)(=O)O)c23)cc1NC(=O)c1ccc(NC(=O)Nc2ccc(C(=O)Nc3cc(C(=O)Nc4ccc(S(=O)(=O)O)c5cc(S(=O)(=O)O)cc(S(=O)(=O)O)c45)ccc3C)cc2)cc1. The zero-order valence-electron chi connectivity index (χ0n) is 43.3. The summed E-state index contributed by atoms with van der Waals surface area (Å²) < 4.78 is 206. The first-order valence-electron chi connectivity index (χ1n) is 23.6. The van der Waals surface area contributed by atoms with E-state index in [0.29, 0.717) is 47.5 Å². The van der Waals surface area contributed by atoms with Gasteiger partial charge in [-0.25, -0.2) is 4.79 Å². The number of hydrogen-bond acceptors (Lipinski definition) is 17. The summed E-state index contributed by atoms with van der Waals surface area (Å²) in [6, 6.07) is 22.7. The second-order valence-electron chi connectivity index (χ2n) is 18.4. The molecule has 0 atom stereocenters. The molecule has 0 aliphatic carbocycles. The third-order valence-electron chi connectivity index (χ3n) is 12.5. The molecule has 0 aliphatic rings. The minimum absolute atomic E-state index is 0.0646. The third-order valence-corrected chi connectivity index (χ3v) is 17.8. The van der Waals surface area contributed by atoms with Crippen molar-refractivity contribution in [3.63, 3.8) is 0 Å². The number of urea groups is 1. The second-order valence-corrected chi connectivity index (χ2v) is 26.8. The number of nitrogens with one attached hydrogen (secondary N) is 6. The zero-order chi connectivity index (χ0) is 63.4. The molecule has 8 aromatic carbocycles. The van der Waals surface area contributed by atoms with Gasteiger partial charge < -0.3 is 31.9 Å². The van der Waals surface area contributed by atoms with Crippen molar-refractivity contribution in [2.24, 2.45) is 0 Å². The lowest BCUT2D eigenvalue weighted by Crippen LogP contribution is -2.20. The summed E-state index contributed by atoms with van der Waals surface area (Å²) in [5.74, 6) is -3.39. The minimum atomic E-state index is -5.43. The topological polar surface area (TPSA) is 484 Å². The molecule has 29 nitrogen and oxygen atoms in total. The number of hydrogen-bond donors (Lipinski definition) is 12. The molecule has 448 valence electrons. The van der Waals surface area contributed by atoms with Gasteiger partial charge in [-0.3, -0.25) is 46.5 Å². The Morgan fingerprint density at radius 3 is 0.895 bits per heavy atom. The highest BCUT2D eigenvalue weighted by molar-refractivity contribution is 7.88. The van der Waals surface area contributed by atoms with Gasteiger partial charge in [-0.15, -0.1) is 0 Å². The molecule has 8 aromatic rings. The third kappa shape index (κ3) is 14.0. The van der Waals surface area contributed by atoms with Crippen molar-refractivity contribution in [1.82, 2.24) is 0 Å². The molecule has 12 N–H and O–H groups in total. The van der Waals surface area contributed by atoms with E-state index in [9.17, 15) is 102 Å². The molecule has 0 saturated heterocycles. The number of aryl methyl sites for hydroxylation is 2. The molecule has 86 heavy (non-hydrogen) atoms. The highest BCUT2D eigenvalue weighted by Crippen LogP contribution is 2.39. The van der Waals surface area contributed by atoms with Crippen LogP contribution in [0.2, 0.25) is 0 Å². The number of carbonyl (C=O) groups is 5. The first kappa shape index (κ1) is 62.9. The van der Waals surface area contributed by atoms with E-state index in [-0.39, 0.29) is 45.0 Å². The first-order valence-corrected chi connectivity index (χ1v) is 32.2. The van der Waals surface area contributed by atoms with Crippen LogP contribution in [0.3, 0.4) is 0 Å². The van der Waals surface area contributed by atoms with Crippen LogP contribution in [0.4, 0.5) is 38.9 Å². The van der Waals surface area contributed by atoms with Crippen LogP contribution in [0.5, 0.6) is 0 Å². The summed E-state index contributed by atoms with van der Waals surface area (Å²) in [5.41, 5.74) is 0.260. The van der Waals surface area contributed by atoms with Crippen molar-refractivity contribution >= 4 is 146 Å². The molecule has 0 saturated carbocycles. The molecule has 6 amide bonds. The normalized spacial score (nSPS) is 12.3. The Morgan fingerprint density at radius 1 is 0.302 bits per heavy atom. The number of rotatable bonds is 16. The largest absolute Gasteiger partial charge is 0.323 e. The van der Waals surface area contributed by atoms with E-state index in [4.69, 9.17) is 0 Å². The maximum Gasteiger partial charge on any atom is 0.323 e. The lowest BCUT2D eigenvalue weighted by molar-refractivity contribution is 0.101. The summed E-state index contributed by atoms with van der Waals surface area (Å²) in [7, 11) is -31.8. The van der Waals surface area contributed by atoms with Gasteiger partial charge in [0.1, 0.15) is 19.6 Å². The molecule has 0 radical (unpaired) electrons. The second kappa shape index (κ2) is 23.0. The van der Waals surface area contributed by atoms with Crippen LogP contribution < -0.4 is 31.9 Å². The van der Waals surface area contributed by atoms with Gasteiger partial charge in [-0.05, 0) is 146 Å². The summed E-state index contributed by atoms with van der Waals surface area (Å²) in [5, 5.41) is 11.9. The fraction of sp³-hybridized carbons (Fsp3) is 0.0392. The maximum absolute atomic E-state index is 13.6. The average molecular weight is 1300 g/mol. The highest BCUT2D eigenvalue weighted by Gasteiger charge is 2.30. The van der Waals surface area contributed by atoms with E-state index in [0.717, 1.165) is 12.1 Å². The van der Waals surface area contributed by atoms with Crippen LogP contribution in [-0.4, -0.2) is 107 Å². The Bertz CT molecular complexity index is 4680. The van der Waals surface area contributed by atoms with Gasteiger partial charge in [-0.1, -0.05) is 12.1 Å². The molecule has 0 unspecified atom stereocenters. The standard InChI is InChI=1S/C51H40N6O23S6/c1-25-3-5-29(49(60)54-37-15-17-41(83(69,70)71)35-21-33(81(63,64)65)23-43(45(35)37)85(75,76)77)19-39(25)56-47(58)27-7-11-31(12-8-27)52-51(62)53-32-13-9-28(10-14-32)48(59)57-40-20-30(6-4-26(40)2)50(61)55-38-16-18-42(84(72,73)74)36-22-34(82(66,67)68)24-44(46(36)38)86(78,79)80/h3-24H,1-2H3,(H,54,60)(H,55,61)(H,56,58)(H,57,59)(H2,52,53,62)(H,63,64,65)(H,66,67,68)(H,69,70,71)(H,72,73,74)(H,75,76,77)(H,78,79,80). The van der Waals surface area contributed by atoms with Gasteiger partial charge in [-0.2, -0.15) is 50.5 Å². The number of amides is 6. The Morgan fingerprint density at radius 2 is 0.593 bits per heavy atom. The van der Waals surface area contributed by atoms with Crippen LogP contribution in [0.15, 0.2) is 163 Å². The predicted molar refractivity (Wildman–Crippen MR) is 306 cm³/mol. The molecule has 35 heteroatoms. The fourth-order valence-corrected chi connectivity index (χ4v) is 12.5. The van der Waals surface area contributed by atoms with Gasteiger partial charge in [0.15, 0.2) is 0 Å². The van der Waals surface area contributed by atoms with Gasteiger partial charge >= 0.3 is 6.03 Å². The van der Waals surface area contributed by atoms with Crippen LogP contribution in [0.25, 0.3) is 21.5 Å². The summed E-state index contributed by atoms with van der Waals surface area (Å²) in [6.07, 6.45) is 0. The molecule has 0 spiro atoms. The molecule has 8 rings (SSSR count). The molecule has 0 aliphatic heterocycles. The Labute approximate surface area is 487 Å². The molecule has 0 fully saturated rings. The smallest absolute Gasteiger partial charge is 0.322 e. The summed E-state index contributed by atoms with van der Waals surface area (Å²) in [4.78, 5) is 60.0. The van der Waals surface area contributed by atoms with Crippen LogP contribution in [-0.2, 0) is 60.7 Å². The quantitative estimate of drug-likeness (QED) is 0.0445. The Balaban J connectivity index is 0.903. The Hall–Kier alpha value is -9.11. The van der Waals surface area contributed by atoms with E-state index < -0.39 is 153 Å². The first-order chi connectivity index (χ1) is 39.8. The zero-order valence-corrected chi connectivity index (χ0v) is 48.2. The number of carbonyl (C=O) groups excluding carboxylic acids is 5. The van der Waals surface area contributed by atoms with Crippen LogP contribution in [0, 0.1) is 13.8 Å². The van der Waals surface area contributed by atoms with Crippen molar-refractivity contribution in [2.75, 3.05) is 31.9 Å². The van der Waals surface area contributed by atoms with Crippen molar-refractivity contribution < 1.29 is 102 Å². The van der Waals surface area contributed by atoms with E-state index >= 15 is 0 Å². The van der Waals surface area contributed by atoms with Crippen LogP contribution in [0.1, 0.15) is 52.6 Å². The number of benzene rings is 8. The highest BCUT2D eigenvalue weighted by atomic mass is 32.2. The molecule has 0 aromatic heterocycles. The van der Waals surface area contributed by atoms with Crippen LogP contribution >= 0.6 is 0 Å². The van der Waals surface area contributed by atoms with Gasteiger partial charge in [0.25, 0.3) is 84.3 Å². The van der Waals surface area contributed by atoms with Gasteiger partial charge in [0.05, 0.1) is 21.2 Å². The molecule has 0 heterocycles. The number of fused-ring (bicyclic) bond motifs is 2. The minimum Gasteiger partial charge on any atom is -0.322 e. The lowest BCUT2D eigenvalue weighted by atomic mass is 10.1. The summed E-state index contributed by atoms with van der Waals surface area (Å²) in [6.45, 7) is 3.15. The number of anilines is 6. The van der Waals surface area contributed by atoms with Gasteiger partial charge in [0, 0.05) is 66.5 Å². The monoisotopic (exact) mass is 1300 g/mol. The molecule has 0 bridgehead atoms. The van der Waals surface area contributed by atoms with Crippen molar-refractivity contribution in [1.29, 1.82) is 0 Å². The summed E-state index contributed by atoms with van der Waals surface area (Å²) >= 11 is 0. The van der Waals surface area contributed by atoms with Crippen molar-refractivity contribution in [2.45, 2.75) is 43.2 Å². The Kier molecular flexibility index (Phi) is 16.9.